The summed E-state index contributed by atoms with van der Waals surface area (Å²) >= 11 is 0. The molecule has 1 saturated heterocycles. The Morgan fingerprint density at radius 2 is 1.87 bits per heavy atom. The van der Waals surface area contributed by atoms with E-state index in [0.29, 0.717) is 17.0 Å². The highest BCUT2D eigenvalue weighted by molar-refractivity contribution is 6.08. The topological polar surface area (TPSA) is 90.5 Å². The average Bonchev–Trinajstić information content (AvgIpc) is 2.97. The van der Waals surface area contributed by atoms with Crippen molar-refractivity contribution in [3.05, 3.63) is 71.3 Å². The number of carbonyl (C=O) groups excluding carboxylic acids is 3. The summed E-state index contributed by atoms with van der Waals surface area (Å²) in [6.45, 7) is 3.07. The first-order valence-electron chi connectivity index (χ1n) is 9.48. The Balaban J connectivity index is 1.65. The van der Waals surface area contributed by atoms with Gasteiger partial charge >= 0.3 is 6.03 Å². The predicted octanol–water partition coefficient (Wildman–Crippen LogP) is 2.50. The van der Waals surface area contributed by atoms with E-state index in [1.807, 2.05) is 0 Å². The molecule has 0 aliphatic carbocycles. The minimum Gasteiger partial charge on any atom is -0.318 e. The van der Waals surface area contributed by atoms with Gasteiger partial charge in [0.1, 0.15) is 17.2 Å². The Bertz CT molecular complexity index is 970. The van der Waals surface area contributed by atoms with E-state index in [-0.39, 0.29) is 12.1 Å². The van der Waals surface area contributed by atoms with Crippen molar-refractivity contribution in [3.8, 4) is 0 Å². The lowest BCUT2D eigenvalue weighted by atomic mass is 9.87. The van der Waals surface area contributed by atoms with Gasteiger partial charge in [-0.15, -0.1) is 0 Å². The molecule has 0 bridgehead atoms. The van der Waals surface area contributed by atoms with Crippen LogP contribution in [0.2, 0.25) is 0 Å². The molecule has 0 radical (unpaired) electrons. The molecular weight excluding hydrogens is 394 g/mol. The van der Waals surface area contributed by atoms with E-state index in [1.54, 1.807) is 44.2 Å². The van der Waals surface area contributed by atoms with Crippen molar-refractivity contribution in [2.75, 3.05) is 6.54 Å². The molecule has 1 heterocycles. The minimum absolute atomic E-state index is 0.188. The Morgan fingerprint density at radius 1 is 1.17 bits per heavy atom. The van der Waals surface area contributed by atoms with Gasteiger partial charge in [-0.25, -0.2) is 13.6 Å². The van der Waals surface area contributed by atoms with Crippen LogP contribution in [0.5, 0.6) is 0 Å². The number of urea groups is 1. The number of halogens is 2. The van der Waals surface area contributed by atoms with E-state index < -0.39 is 41.1 Å². The minimum atomic E-state index is -1.26. The molecule has 30 heavy (non-hydrogen) atoms. The van der Waals surface area contributed by atoms with Crippen LogP contribution in [-0.4, -0.2) is 29.4 Å². The maximum atomic E-state index is 13.9. The Labute approximate surface area is 172 Å². The van der Waals surface area contributed by atoms with Gasteiger partial charge in [0.05, 0.1) is 6.54 Å². The van der Waals surface area contributed by atoms with Gasteiger partial charge in [-0.2, -0.15) is 5.01 Å². The van der Waals surface area contributed by atoms with Crippen molar-refractivity contribution in [1.29, 1.82) is 0 Å². The first-order chi connectivity index (χ1) is 14.3. The van der Waals surface area contributed by atoms with Crippen LogP contribution in [0.1, 0.15) is 37.4 Å². The lowest BCUT2D eigenvalue weighted by Crippen LogP contribution is -2.50. The lowest BCUT2D eigenvalue weighted by molar-refractivity contribution is -0.139. The van der Waals surface area contributed by atoms with Crippen molar-refractivity contribution >= 4 is 17.8 Å². The quantitative estimate of drug-likeness (QED) is 0.605. The number of imide groups is 1. The summed E-state index contributed by atoms with van der Waals surface area (Å²) in [5.41, 5.74) is 1.82. The summed E-state index contributed by atoms with van der Waals surface area (Å²) in [6.07, 6.45) is 0.299. The molecule has 9 heteroatoms. The summed E-state index contributed by atoms with van der Waals surface area (Å²) in [7, 11) is 0. The molecule has 1 aliphatic heterocycles. The zero-order valence-electron chi connectivity index (χ0n) is 16.5. The highest BCUT2D eigenvalue weighted by atomic mass is 19.1. The number of hydrogen-bond acceptors (Lipinski definition) is 4. The van der Waals surface area contributed by atoms with E-state index in [4.69, 9.17) is 0 Å². The molecule has 1 fully saturated rings. The summed E-state index contributed by atoms with van der Waals surface area (Å²) in [5, 5.41) is 6.10. The molecule has 0 saturated carbocycles. The number of nitrogens with one attached hydrogen (secondary N) is 3. The number of benzene rings is 2. The van der Waals surface area contributed by atoms with E-state index >= 15 is 0 Å². The third kappa shape index (κ3) is 4.02. The molecule has 2 atom stereocenters. The van der Waals surface area contributed by atoms with Crippen LogP contribution in [-0.2, 0) is 15.1 Å². The number of amides is 4. The maximum Gasteiger partial charge on any atom is 0.344 e. The standard InChI is InChI=1S/C21H22F2N4O3/c1-3-21(14-7-5-4-6-8-14)19(29)27(20(30)25-21)26-18(28)12-24-13(2)16-10-9-15(22)11-17(16)23/h4-11,13,24H,3,12H2,1-2H3,(H,25,30)(H,26,28)/t13-,21-/m1/s1. The normalized spacial score (nSPS) is 19.5. The van der Waals surface area contributed by atoms with Gasteiger partial charge in [-0.05, 0) is 25.0 Å². The largest absolute Gasteiger partial charge is 0.344 e. The summed E-state index contributed by atoms with van der Waals surface area (Å²) in [6, 6.07) is 10.6. The van der Waals surface area contributed by atoms with E-state index in [2.05, 4.69) is 16.1 Å². The van der Waals surface area contributed by atoms with Crippen LogP contribution in [0.3, 0.4) is 0 Å². The zero-order chi connectivity index (χ0) is 21.9. The highest BCUT2D eigenvalue weighted by Crippen LogP contribution is 2.31. The number of hydrogen-bond donors (Lipinski definition) is 3. The fourth-order valence-corrected chi connectivity index (χ4v) is 3.41. The molecular formula is C21H22F2N4O3. The second-order valence-corrected chi connectivity index (χ2v) is 7.00. The summed E-state index contributed by atoms with van der Waals surface area (Å²) in [4.78, 5) is 37.6. The molecule has 0 spiro atoms. The van der Waals surface area contributed by atoms with E-state index in [0.717, 1.165) is 12.1 Å². The summed E-state index contributed by atoms with van der Waals surface area (Å²) < 4.78 is 26.9. The predicted molar refractivity (Wildman–Crippen MR) is 105 cm³/mol. The van der Waals surface area contributed by atoms with Gasteiger partial charge in [0, 0.05) is 17.7 Å². The van der Waals surface area contributed by atoms with Crippen molar-refractivity contribution < 1.29 is 23.2 Å². The molecule has 2 aromatic carbocycles. The SMILES string of the molecule is CC[C@]1(c2ccccc2)NC(=O)N(NC(=O)CN[C@H](C)c2ccc(F)cc2F)C1=O. The van der Waals surface area contributed by atoms with Crippen molar-refractivity contribution in [1.82, 2.24) is 21.1 Å². The fourth-order valence-electron chi connectivity index (χ4n) is 3.41. The molecule has 7 nitrogen and oxygen atoms in total. The smallest absolute Gasteiger partial charge is 0.318 e. The molecule has 0 unspecified atom stereocenters. The van der Waals surface area contributed by atoms with Gasteiger partial charge in [0.25, 0.3) is 11.8 Å². The molecule has 158 valence electrons. The van der Waals surface area contributed by atoms with Gasteiger partial charge in [-0.1, -0.05) is 43.3 Å². The third-order valence-corrected chi connectivity index (χ3v) is 5.12. The van der Waals surface area contributed by atoms with Crippen molar-refractivity contribution in [2.45, 2.75) is 31.8 Å². The van der Waals surface area contributed by atoms with Gasteiger partial charge in [0.2, 0.25) is 0 Å². The van der Waals surface area contributed by atoms with Crippen molar-refractivity contribution in [3.63, 3.8) is 0 Å². The van der Waals surface area contributed by atoms with Crippen LogP contribution in [0.4, 0.5) is 13.6 Å². The lowest BCUT2D eigenvalue weighted by Gasteiger charge is -2.25. The van der Waals surface area contributed by atoms with E-state index in [1.165, 1.54) is 6.07 Å². The first-order valence-corrected chi connectivity index (χ1v) is 9.48. The molecule has 1 aliphatic rings. The average molecular weight is 416 g/mol. The van der Waals surface area contributed by atoms with Crippen LogP contribution < -0.4 is 16.1 Å². The molecule has 3 rings (SSSR count). The number of rotatable bonds is 7. The fraction of sp³-hybridized carbons (Fsp3) is 0.286. The Morgan fingerprint density at radius 3 is 2.50 bits per heavy atom. The molecule has 0 aromatic heterocycles. The Kier molecular flexibility index (Phi) is 6.12. The number of carbonyl (C=O) groups is 3. The zero-order valence-corrected chi connectivity index (χ0v) is 16.5. The maximum absolute atomic E-state index is 13.9. The van der Waals surface area contributed by atoms with Crippen LogP contribution in [0.15, 0.2) is 48.5 Å². The van der Waals surface area contributed by atoms with Gasteiger partial charge in [0.15, 0.2) is 0 Å². The summed E-state index contributed by atoms with van der Waals surface area (Å²) in [5.74, 6) is -2.68. The number of nitrogens with zero attached hydrogens (tertiary/aromatic N) is 1. The Hall–Kier alpha value is -3.33. The van der Waals surface area contributed by atoms with Crippen LogP contribution >= 0.6 is 0 Å². The molecule has 2 aromatic rings. The van der Waals surface area contributed by atoms with Gasteiger partial charge < -0.3 is 10.6 Å². The van der Waals surface area contributed by atoms with Crippen LogP contribution in [0, 0.1) is 11.6 Å². The van der Waals surface area contributed by atoms with Gasteiger partial charge in [-0.3, -0.25) is 15.0 Å². The molecule has 4 amide bonds. The highest BCUT2D eigenvalue weighted by Gasteiger charge is 2.52. The van der Waals surface area contributed by atoms with Crippen molar-refractivity contribution in [2.24, 2.45) is 0 Å². The second-order valence-electron chi connectivity index (χ2n) is 7.00. The second kappa shape index (κ2) is 8.58. The van der Waals surface area contributed by atoms with E-state index in [9.17, 15) is 23.2 Å². The molecule has 3 N–H and O–H groups in total. The third-order valence-electron chi connectivity index (χ3n) is 5.12. The van der Waals surface area contributed by atoms with Crippen LogP contribution in [0.25, 0.3) is 0 Å². The monoisotopic (exact) mass is 416 g/mol. The number of hydrazine groups is 1. The first kappa shape index (κ1) is 21.4.